The molecular weight excluding hydrogens is 215 g/mol. The van der Waals surface area contributed by atoms with E-state index in [-0.39, 0.29) is 5.41 Å². The lowest BCUT2D eigenvalue weighted by Gasteiger charge is -2.24. The van der Waals surface area contributed by atoms with Crippen molar-refractivity contribution in [2.24, 2.45) is 0 Å². The van der Waals surface area contributed by atoms with Crippen molar-refractivity contribution in [1.29, 1.82) is 0 Å². The molecule has 14 heavy (non-hydrogen) atoms. The maximum atomic E-state index is 6.15. The summed E-state index contributed by atoms with van der Waals surface area (Å²) < 4.78 is 0. The van der Waals surface area contributed by atoms with Gasteiger partial charge in [-0.3, -0.25) is 0 Å². The molecule has 0 amide bonds. The summed E-state index contributed by atoms with van der Waals surface area (Å²) in [4.78, 5) is 0. The number of alkyl halides is 1. The molecule has 1 aliphatic carbocycles. The van der Waals surface area contributed by atoms with Gasteiger partial charge in [-0.25, -0.2) is 0 Å². The van der Waals surface area contributed by atoms with Gasteiger partial charge in [0.25, 0.3) is 0 Å². The van der Waals surface area contributed by atoms with E-state index in [1.165, 1.54) is 12.0 Å². The molecule has 0 radical (unpaired) electrons. The van der Waals surface area contributed by atoms with Crippen molar-refractivity contribution in [2.45, 2.75) is 37.0 Å². The smallest absolute Gasteiger partial charge is 0.0408 e. The summed E-state index contributed by atoms with van der Waals surface area (Å²) in [6, 6.07) is 8.16. The molecule has 0 N–H and O–H groups in total. The highest BCUT2D eigenvalue weighted by Gasteiger charge is 2.35. The van der Waals surface area contributed by atoms with Crippen LogP contribution in [0.15, 0.2) is 24.3 Å². The summed E-state index contributed by atoms with van der Waals surface area (Å²) in [6.07, 6.45) is 3.35. The van der Waals surface area contributed by atoms with Gasteiger partial charge in [-0.2, -0.15) is 0 Å². The van der Waals surface area contributed by atoms with Gasteiger partial charge in [-0.1, -0.05) is 30.7 Å². The van der Waals surface area contributed by atoms with Gasteiger partial charge in [0.15, 0.2) is 0 Å². The summed E-state index contributed by atoms with van der Waals surface area (Å²) in [5.41, 5.74) is 1.56. The first-order valence-corrected chi connectivity index (χ1v) is 5.82. The second kappa shape index (κ2) is 3.75. The fourth-order valence-corrected chi connectivity index (χ4v) is 2.93. The van der Waals surface area contributed by atoms with E-state index in [1.807, 2.05) is 12.1 Å². The summed E-state index contributed by atoms with van der Waals surface area (Å²) in [5.74, 6) is 0. The SMILES string of the molecule is CC1(c2cccc(Cl)c2)CCC(Cl)C1. The van der Waals surface area contributed by atoms with E-state index in [1.54, 1.807) is 0 Å². The zero-order chi connectivity index (χ0) is 10.2. The van der Waals surface area contributed by atoms with Crippen LogP contribution >= 0.6 is 23.2 Å². The van der Waals surface area contributed by atoms with Gasteiger partial charge in [0.2, 0.25) is 0 Å². The highest BCUT2D eigenvalue weighted by Crippen LogP contribution is 2.43. The van der Waals surface area contributed by atoms with Gasteiger partial charge in [0.1, 0.15) is 0 Å². The van der Waals surface area contributed by atoms with Crippen LogP contribution in [0.5, 0.6) is 0 Å². The number of hydrogen-bond donors (Lipinski definition) is 0. The Morgan fingerprint density at radius 2 is 2.21 bits per heavy atom. The summed E-state index contributed by atoms with van der Waals surface area (Å²) in [6.45, 7) is 2.28. The van der Waals surface area contributed by atoms with E-state index in [4.69, 9.17) is 23.2 Å². The second-order valence-corrected chi connectivity index (χ2v) is 5.46. The average Bonchev–Trinajstić information content (AvgIpc) is 2.48. The van der Waals surface area contributed by atoms with Gasteiger partial charge >= 0.3 is 0 Å². The molecule has 2 rings (SSSR count). The zero-order valence-electron chi connectivity index (χ0n) is 8.26. The molecule has 1 aliphatic rings. The first-order chi connectivity index (χ1) is 6.60. The van der Waals surface area contributed by atoms with Crippen LogP contribution in [-0.4, -0.2) is 5.38 Å². The summed E-state index contributed by atoms with van der Waals surface area (Å²) >= 11 is 12.1. The predicted molar refractivity (Wildman–Crippen MR) is 62.3 cm³/mol. The van der Waals surface area contributed by atoms with E-state index < -0.39 is 0 Å². The lowest BCUT2D eigenvalue weighted by molar-refractivity contribution is 0.492. The molecule has 1 aromatic rings. The van der Waals surface area contributed by atoms with Crippen LogP contribution in [0.25, 0.3) is 0 Å². The molecule has 0 saturated heterocycles. The molecule has 2 heteroatoms. The molecule has 0 bridgehead atoms. The fraction of sp³-hybridized carbons (Fsp3) is 0.500. The van der Waals surface area contributed by atoms with E-state index in [9.17, 15) is 0 Å². The number of benzene rings is 1. The van der Waals surface area contributed by atoms with E-state index in [2.05, 4.69) is 19.1 Å². The number of rotatable bonds is 1. The third-order valence-corrected chi connectivity index (χ3v) is 3.81. The standard InChI is InChI=1S/C12H14Cl2/c1-12(6-5-11(14)8-12)9-3-2-4-10(13)7-9/h2-4,7,11H,5-6,8H2,1H3. The van der Waals surface area contributed by atoms with Crippen LogP contribution < -0.4 is 0 Å². The molecule has 76 valence electrons. The van der Waals surface area contributed by atoms with Crippen molar-refractivity contribution in [3.63, 3.8) is 0 Å². The molecule has 0 nitrogen and oxygen atoms in total. The minimum absolute atomic E-state index is 0.233. The Kier molecular flexibility index (Phi) is 2.77. The van der Waals surface area contributed by atoms with Crippen LogP contribution in [0.4, 0.5) is 0 Å². The molecule has 1 aromatic carbocycles. The van der Waals surface area contributed by atoms with E-state index in [0.29, 0.717) is 5.38 Å². The van der Waals surface area contributed by atoms with Crippen molar-refractivity contribution in [1.82, 2.24) is 0 Å². The monoisotopic (exact) mass is 228 g/mol. The van der Waals surface area contributed by atoms with E-state index >= 15 is 0 Å². The summed E-state index contributed by atoms with van der Waals surface area (Å²) in [7, 11) is 0. The molecule has 1 saturated carbocycles. The summed E-state index contributed by atoms with van der Waals surface area (Å²) in [5, 5.41) is 1.15. The second-order valence-electron chi connectivity index (χ2n) is 4.41. The van der Waals surface area contributed by atoms with E-state index in [0.717, 1.165) is 17.9 Å². The van der Waals surface area contributed by atoms with Crippen molar-refractivity contribution in [3.05, 3.63) is 34.9 Å². The zero-order valence-corrected chi connectivity index (χ0v) is 9.78. The lowest BCUT2D eigenvalue weighted by atomic mass is 9.81. The number of halogens is 2. The van der Waals surface area contributed by atoms with Crippen molar-refractivity contribution in [3.8, 4) is 0 Å². The van der Waals surface area contributed by atoms with Crippen molar-refractivity contribution >= 4 is 23.2 Å². The Hall–Kier alpha value is -0.200. The largest absolute Gasteiger partial charge is 0.123 e. The third kappa shape index (κ3) is 1.92. The molecule has 0 aliphatic heterocycles. The Balaban J connectivity index is 2.30. The first-order valence-electron chi connectivity index (χ1n) is 5.00. The van der Waals surface area contributed by atoms with Crippen LogP contribution in [-0.2, 0) is 5.41 Å². The highest BCUT2D eigenvalue weighted by atomic mass is 35.5. The topological polar surface area (TPSA) is 0 Å². The van der Waals surface area contributed by atoms with Crippen molar-refractivity contribution < 1.29 is 0 Å². The first kappa shape index (κ1) is 10.3. The van der Waals surface area contributed by atoms with Crippen LogP contribution in [0, 0.1) is 0 Å². The molecule has 0 aromatic heterocycles. The normalized spacial score (nSPS) is 32.1. The minimum Gasteiger partial charge on any atom is -0.123 e. The molecule has 0 heterocycles. The molecule has 2 unspecified atom stereocenters. The predicted octanol–water partition coefficient (Wildman–Crippen LogP) is 4.39. The molecule has 0 spiro atoms. The molecular formula is C12H14Cl2. The Morgan fingerprint density at radius 3 is 2.79 bits per heavy atom. The van der Waals surface area contributed by atoms with Crippen LogP contribution in [0.3, 0.4) is 0 Å². The maximum Gasteiger partial charge on any atom is 0.0408 e. The van der Waals surface area contributed by atoms with Crippen LogP contribution in [0.2, 0.25) is 5.02 Å². The third-order valence-electron chi connectivity index (χ3n) is 3.20. The molecule has 2 atom stereocenters. The Morgan fingerprint density at radius 1 is 1.43 bits per heavy atom. The quantitative estimate of drug-likeness (QED) is 0.626. The van der Waals surface area contributed by atoms with Crippen LogP contribution in [0.1, 0.15) is 31.7 Å². The van der Waals surface area contributed by atoms with Gasteiger partial charge in [-0.05, 0) is 42.4 Å². The average molecular weight is 229 g/mol. The lowest BCUT2D eigenvalue weighted by Crippen LogP contribution is -2.17. The van der Waals surface area contributed by atoms with Gasteiger partial charge in [0, 0.05) is 10.4 Å². The maximum absolute atomic E-state index is 6.15. The van der Waals surface area contributed by atoms with Crippen molar-refractivity contribution in [2.75, 3.05) is 0 Å². The minimum atomic E-state index is 0.233. The fourth-order valence-electron chi connectivity index (χ4n) is 2.29. The number of hydrogen-bond acceptors (Lipinski definition) is 0. The highest BCUT2D eigenvalue weighted by molar-refractivity contribution is 6.30. The Bertz CT molecular complexity index is 335. The Labute approximate surface area is 95.2 Å². The molecule has 1 fully saturated rings. The van der Waals surface area contributed by atoms with Gasteiger partial charge < -0.3 is 0 Å². The van der Waals surface area contributed by atoms with Gasteiger partial charge in [0.05, 0.1) is 0 Å². The van der Waals surface area contributed by atoms with Gasteiger partial charge in [-0.15, -0.1) is 11.6 Å².